The molecule has 0 heterocycles. The molecule has 1 aliphatic rings. The zero-order valence-corrected chi connectivity index (χ0v) is 13.7. The van der Waals surface area contributed by atoms with Gasteiger partial charge in [0.25, 0.3) is 0 Å². The summed E-state index contributed by atoms with van der Waals surface area (Å²) in [4.78, 5) is 24.5. The van der Waals surface area contributed by atoms with Gasteiger partial charge in [0.2, 0.25) is 0 Å². The standard InChI is InChI=1S/C14H24O2S2/c1-6-17-11(15)10-8-9-14(5,13(10,3)4)12(16)18-7-2/h10H,6-9H2,1-5H3. The number of carbonyl (C=O) groups excluding carboxylic acids is 2. The van der Waals surface area contributed by atoms with Crippen molar-refractivity contribution in [1.29, 1.82) is 0 Å². The molecule has 0 N–H and O–H groups in total. The first-order valence-corrected chi connectivity index (χ1v) is 8.62. The molecule has 1 aliphatic carbocycles. The van der Waals surface area contributed by atoms with Gasteiger partial charge in [0.1, 0.15) is 0 Å². The SMILES string of the molecule is CCSC(=O)C1CCC(C)(C(=O)SCC)C1(C)C. The predicted molar refractivity (Wildman–Crippen MR) is 80.9 cm³/mol. The molecule has 2 atom stereocenters. The Morgan fingerprint density at radius 3 is 2.17 bits per heavy atom. The predicted octanol–water partition coefficient (Wildman–Crippen LogP) is 3.99. The van der Waals surface area contributed by atoms with E-state index in [0.29, 0.717) is 0 Å². The Kier molecular flexibility index (Phi) is 5.36. The smallest absolute Gasteiger partial charge is 0.195 e. The molecule has 0 spiro atoms. The highest BCUT2D eigenvalue weighted by Gasteiger charge is 2.57. The summed E-state index contributed by atoms with van der Waals surface area (Å²) in [5.74, 6) is 1.65. The Balaban J connectivity index is 2.93. The number of thioether (sulfide) groups is 2. The van der Waals surface area contributed by atoms with Gasteiger partial charge in [-0.05, 0) is 29.8 Å². The lowest BCUT2D eigenvalue weighted by molar-refractivity contribution is -0.126. The molecule has 4 heteroatoms. The molecule has 0 aromatic heterocycles. The highest BCUT2D eigenvalue weighted by Crippen LogP contribution is 2.58. The number of hydrogen-bond donors (Lipinski definition) is 0. The lowest BCUT2D eigenvalue weighted by Gasteiger charge is -2.39. The van der Waals surface area contributed by atoms with Crippen LogP contribution >= 0.6 is 23.5 Å². The molecule has 0 radical (unpaired) electrons. The summed E-state index contributed by atoms with van der Waals surface area (Å²) in [6, 6.07) is 0. The maximum absolute atomic E-state index is 12.4. The van der Waals surface area contributed by atoms with Crippen LogP contribution in [-0.2, 0) is 9.59 Å². The zero-order chi connectivity index (χ0) is 14.0. The summed E-state index contributed by atoms with van der Waals surface area (Å²) < 4.78 is 0. The third-order valence-corrected chi connectivity index (χ3v) is 6.38. The molecule has 0 aromatic rings. The van der Waals surface area contributed by atoms with E-state index in [1.807, 2.05) is 20.8 Å². The van der Waals surface area contributed by atoms with Gasteiger partial charge in [0.15, 0.2) is 10.2 Å². The molecular weight excluding hydrogens is 264 g/mol. The fraction of sp³-hybridized carbons (Fsp3) is 0.857. The quantitative estimate of drug-likeness (QED) is 0.783. The van der Waals surface area contributed by atoms with Gasteiger partial charge in [-0.1, -0.05) is 58.1 Å². The van der Waals surface area contributed by atoms with Crippen LogP contribution in [0.1, 0.15) is 47.5 Å². The van der Waals surface area contributed by atoms with Crippen molar-refractivity contribution < 1.29 is 9.59 Å². The van der Waals surface area contributed by atoms with E-state index in [2.05, 4.69) is 13.8 Å². The maximum Gasteiger partial charge on any atom is 0.195 e. The third-order valence-electron chi connectivity index (χ3n) is 4.52. The van der Waals surface area contributed by atoms with Crippen LogP contribution in [-0.4, -0.2) is 21.7 Å². The normalized spacial score (nSPS) is 30.4. The fourth-order valence-electron chi connectivity index (χ4n) is 2.81. The van der Waals surface area contributed by atoms with Gasteiger partial charge in [-0.3, -0.25) is 9.59 Å². The lowest BCUT2D eigenvalue weighted by Crippen LogP contribution is -2.41. The molecule has 18 heavy (non-hydrogen) atoms. The van der Waals surface area contributed by atoms with Gasteiger partial charge in [-0.25, -0.2) is 0 Å². The topological polar surface area (TPSA) is 34.1 Å². The molecule has 1 fully saturated rings. The third kappa shape index (κ3) is 2.64. The monoisotopic (exact) mass is 288 g/mol. The number of rotatable bonds is 4. The molecule has 0 amide bonds. The average molecular weight is 288 g/mol. The fourth-order valence-corrected chi connectivity index (χ4v) is 4.66. The molecule has 0 saturated heterocycles. The molecular formula is C14H24O2S2. The van der Waals surface area contributed by atoms with Crippen LogP contribution in [0.4, 0.5) is 0 Å². The molecule has 0 aliphatic heterocycles. The molecule has 1 saturated carbocycles. The summed E-state index contributed by atoms with van der Waals surface area (Å²) in [5.41, 5.74) is -0.589. The first-order valence-electron chi connectivity index (χ1n) is 6.65. The van der Waals surface area contributed by atoms with Crippen LogP contribution in [0.3, 0.4) is 0 Å². The summed E-state index contributed by atoms with van der Waals surface area (Å²) in [5, 5.41) is 0.521. The van der Waals surface area contributed by atoms with Crippen molar-refractivity contribution in [1.82, 2.24) is 0 Å². The van der Waals surface area contributed by atoms with Crippen molar-refractivity contribution in [2.75, 3.05) is 11.5 Å². The second kappa shape index (κ2) is 6.00. The number of hydrogen-bond acceptors (Lipinski definition) is 4. The minimum absolute atomic E-state index is 0.0221. The largest absolute Gasteiger partial charge is 0.287 e. The van der Waals surface area contributed by atoms with Crippen molar-refractivity contribution in [2.24, 2.45) is 16.7 Å². The summed E-state index contributed by atoms with van der Waals surface area (Å²) in [7, 11) is 0. The summed E-state index contributed by atoms with van der Waals surface area (Å²) in [6.45, 7) is 10.2. The van der Waals surface area contributed by atoms with Crippen LogP contribution in [0, 0.1) is 16.7 Å². The van der Waals surface area contributed by atoms with E-state index in [1.165, 1.54) is 23.5 Å². The highest BCUT2D eigenvalue weighted by atomic mass is 32.2. The molecule has 2 unspecified atom stereocenters. The zero-order valence-electron chi connectivity index (χ0n) is 12.0. The average Bonchev–Trinajstić information content (AvgIpc) is 2.52. The van der Waals surface area contributed by atoms with E-state index < -0.39 is 0 Å². The van der Waals surface area contributed by atoms with Crippen molar-refractivity contribution in [3.8, 4) is 0 Å². The van der Waals surface area contributed by atoms with Crippen LogP contribution in [0.2, 0.25) is 0 Å². The minimum atomic E-state index is -0.359. The van der Waals surface area contributed by atoms with E-state index in [-0.39, 0.29) is 27.0 Å². The Morgan fingerprint density at radius 1 is 1.11 bits per heavy atom. The van der Waals surface area contributed by atoms with E-state index in [4.69, 9.17) is 0 Å². The second-order valence-corrected chi connectivity index (χ2v) is 8.12. The van der Waals surface area contributed by atoms with Gasteiger partial charge in [0.05, 0.1) is 0 Å². The van der Waals surface area contributed by atoms with E-state index in [1.54, 1.807) is 0 Å². The van der Waals surface area contributed by atoms with Gasteiger partial charge < -0.3 is 0 Å². The van der Waals surface area contributed by atoms with Gasteiger partial charge >= 0.3 is 0 Å². The first kappa shape index (κ1) is 16.1. The van der Waals surface area contributed by atoms with Crippen LogP contribution in [0.25, 0.3) is 0 Å². The van der Waals surface area contributed by atoms with Crippen molar-refractivity contribution in [3.63, 3.8) is 0 Å². The number of carbonyl (C=O) groups is 2. The molecule has 1 rings (SSSR count). The van der Waals surface area contributed by atoms with Gasteiger partial charge in [-0.15, -0.1) is 0 Å². The Hall–Kier alpha value is 0.0400. The Labute approximate surface area is 119 Å². The van der Waals surface area contributed by atoms with Crippen LogP contribution in [0.5, 0.6) is 0 Å². The minimum Gasteiger partial charge on any atom is -0.287 e. The lowest BCUT2D eigenvalue weighted by atomic mass is 9.67. The van der Waals surface area contributed by atoms with Gasteiger partial charge in [-0.2, -0.15) is 0 Å². The van der Waals surface area contributed by atoms with Crippen molar-refractivity contribution in [3.05, 3.63) is 0 Å². The first-order chi connectivity index (χ1) is 8.31. The summed E-state index contributed by atoms with van der Waals surface area (Å²) >= 11 is 2.80. The van der Waals surface area contributed by atoms with E-state index in [9.17, 15) is 9.59 Å². The van der Waals surface area contributed by atoms with E-state index >= 15 is 0 Å². The highest BCUT2D eigenvalue weighted by molar-refractivity contribution is 8.14. The van der Waals surface area contributed by atoms with Crippen molar-refractivity contribution in [2.45, 2.75) is 47.5 Å². The molecule has 0 bridgehead atoms. The summed E-state index contributed by atoms with van der Waals surface area (Å²) in [6.07, 6.45) is 1.69. The Bertz CT molecular complexity index is 339. The molecule has 104 valence electrons. The van der Waals surface area contributed by atoms with E-state index in [0.717, 1.165) is 24.3 Å². The maximum atomic E-state index is 12.4. The molecule has 2 nitrogen and oxygen atoms in total. The molecule has 0 aromatic carbocycles. The van der Waals surface area contributed by atoms with Crippen molar-refractivity contribution >= 4 is 33.8 Å². The Morgan fingerprint density at radius 2 is 1.67 bits per heavy atom. The second-order valence-electron chi connectivity index (χ2n) is 5.62. The van der Waals surface area contributed by atoms with Gasteiger partial charge in [0, 0.05) is 11.3 Å². The van der Waals surface area contributed by atoms with Crippen LogP contribution < -0.4 is 0 Å². The van der Waals surface area contributed by atoms with Crippen LogP contribution in [0.15, 0.2) is 0 Å².